The summed E-state index contributed by atoms with van der Waals surface area (Å²) in [6.07, 6.45) is 0. The standard InChI is InChI=1S/C27H30N3O7P/c1-25(2)13-32-22(28-25)16-7-10-19(35-16)38(31,20-11-8-17(36-20)23-29-26(3,4)14-33-23)21-12-9-18(37-21)24-30-27(5,6)15-34-24/h7-12H,13-15H2,1-6H3. The Morgan fingerprint density at radius 3 is 1.08 bits per heavy atom. The van der Waals surface area contributed by atoms with Crippen LogP contribution in [0.2, 0.25) is 0 Å². The van der Waals surface area contributed by atoms with Crippen molar-refractivity contribution >= 4 is 41.3 Å². The number of ether oxygens (including phenoxy) is 3. The number of hydrogen-bond acceptors (Lipinski definition) is 10. The third-order valence-electron chi connectivity index (χ3n) is 6.24. The molecule has 0 amide bonds. The van der Waals surface area contributed by atoms with Crippen molar-refractivity contribution in [2.75, 3.05) is 19.8 Å². The predicted molar refractivity (Wildman–Crippen MR) is 142 cm³/mol. The first-order chi connectivity index (χ1) is 17.8. The average Bonchev–Trinajstić information content (AvgIpc) is 3.65. The predicted octanol–water partition coefficient (Wildman–Crippen LogP) is 3.77. The van der Waals surface area contributed by atoms with Gasteiger partial charge in [0.1, 0.15) is 19.8 Å². The Kier molecular flexibility index (Phi) is 5.38. The molecule has 0 bridgehead atoms. The van der Waals surface area contributed by atoms with E-state index in [0.717, 1.165) is 0 Å². The van der Waals surface area contributed by atoms with E-state index in [4.69, 9.17) is 27.5 Å². The summed E-state index contributed by atoms with van der Waals surface area (Å²) in [6.45, 7) is 13.1. The summed E-state index contributed by atoms with van der Waals surface area (Å²) in [7, 11) is -3.76. The minimum atomic E-state index is -3.76. The molecule has 0 N–H and O–H groups in total. The second-order valence-electron chi connectivity index (χ2n) is 11.6. The van der Waals surface area contributed by atoms with Gasteiger partial charge in [-0.3, -0.25) is 4.57 Å². The monoisotopic (exact) mass is 539 g/mol. The molecule has 0 atom stereocenters. The van der Waals surface area contributed by atoms with Gasteiger partial charge in [0.25, 0.3) is 24.8 Å². The van der Waals surface area contributed by atoms with Crippen molar-refractivity contribution in [3.8, 4) is 0 Å². The molecule has 200 valence electrons. The molecule has 0 saturated carbocycles. The third-order valence-corrected chi connectivity index (χ3v) is 8.82. The van der Waals surface area contributed by atoms with Gasteiger partial charge in [-0.1, -0.05) is 0 Å². The van der Waals surface area contributed by atoms with Crippen LogP contribution in [-0.2, 0) is 18.8 Å². The van der Waals surface area contributed by atoms with Gasteiger partial charge in [-0.05, 0) is 77.9 Å². The molecule has 10 nitrogen and oxygen atoms in total. The molecule has 0 saturated heterocycles. The molecule has 3 aliphatic rings. The van der Waals surface area contributed by atoms with Crippen LogP contribution in [0.1, 0.15) is 58.8 Å². The van der Waals surface area contributed by atoms with E-state index in [2.05, 4.69) is 15.0 Å². The summed E-state index contributed by atoms with van der Waals surface area (Å²) in [5, 5.41) is 0. The van der Waals surface area contributed by atoms with Gasteiger partial charge in [0, 0.05) is 0 Å². The van der Waals surface area contributed by atoms with E-state index in [1.165, 1.54) is 0 Å². The maximum atomic E-state index is 15.0. The molecule has 0 fully saturated rings. The van der Waals surface area contributed by atoms with Crippen molar-refractivity contribution in [1.29, 1.82) is 0 Å². The van der Waals surface area contributed by atoms with Crippen molar-refractivity contribution in [3.05, 3.63) is 53.7 Å². The maximum absolute atomic E-state index is 15.0. The highest BCUT2D eigenvalue weighted by molar-refractivity contribution is 7.84. The van der Waals surface area contributed by atoms with Crippen molar-refractivity contribution in [3.63, 3.8) is 0 Å². The Bertz CT molecular complexity index is 1370. The summed E-state index contributed by atoms with van der Waals surface area (Å²) < 4.78 is 50.5. The molecule has 3 aromatic rings. The van der Waals surface area contributed by atoms with E-state index in [0.29, 0.717) is 54.8 Å². The van der Waals surface area contributed by atoms with Gasteiger partial charge >= 0.3 is 0 Å². The number of aliphatic imine (C=N–C) groups is 3. The maximum Gasteiger partial charge on any atom is 0.271 e. The fourth-order valence-corrected chi connectivity index (χ4v) is 6.48. The lowest BCUT2D eigenvalue weighted by Crippen LogP contribution is -2.23. The van der Waals surface area contributed by atoms with Gasteiger partial charge in [0.2, 0.25) is 0 Å². The lowest BCUT2D eigenvalue weighted by Gasteiger charge is -2.11. The van der Waals surface area contributed by atoms with E-state index >= 15 is 0 Å². The van der Waals surface area contributed by atoms with Gasteiger partial charge < -0.3 is 27.5 Å². The number of furan rings is 3. The second kappa shape index (κ2) is 8.24. The Morgan fingerprint density at radius 1 is 0.553 bits per heavy atom. The normalized spacial score (nSPS) is 21.4. The molecular weight excluding hydrogens is 509 g/mol. The van der Waals surface area contributed by atoms with Crippen molar-refractivity contribution < 1.29 is 32.0 Å². The first kappa shape index (κ1) is 24.8. The van der Waals surface area contributed by atoms with E-state index in [1.54, 1.807) is 36.4 Å². The molecule has 6 rings (SSSR count). The first-order valence-corrected chi connectivity index (χ1v) is 14.1. The average molecular weight is 540 g/mol. The minimum absolute atomic E-state index is 0.162. The summed E-state index contributed by atoms with van der Waals surface area (Å²) in [5.41, 5.74) is -0.630. The Balaban J connectivity index is 1.43. The Labute approximate surface area is 220 Å². The molecule has 6 heterocycles. The van der Waals surface area contributed by atoms with Crippen molar-refractivity contribution in [2.45, 2.75) is 58.2 Å². The van der Waals surface area contributed by atoms with Crippen LogP contribution >= 0.6 is 7.14 Å². The number of hydrogen-bond donors (Lipinski definition) is 0. The fourth-order valence-electron chi connectivity index (χ4n) is 4.29. The Hall–Kier alpha value is -3.52. The van der Waals surface area contributed by atoms with E-state index in [1.807, 2.05) is 41.5 Å². The topological polar surface area (TPSA) is 121 Å². The fraction of sp³-hybridized carbons (Fsp3) is 0.444. The zero-order valence-electron chi connectivity index (χ0n) is 22.2. The molecule has 0 spiro atoms. The van der Waals surface area contributed by atoms with Crippen molar-refractivity contribution in [2.24, 2.45) is 15.0 Å². The highest BCUT2D eigenvalue weighted by Crippen LogP contribution is 2.44. The number of rotatable bonds is 6. The molecule has 0 radical (unpaired) electrons. The van der Waals surface area contributed by atoms with Crippen LogP contribution < -0.4 is 16.5 Å². The van der Waals surface area contributed by atoms with Crippen LogP contribution in [-0.4, -0.2) is 54.1 Å². The summed E-state index contributed by atoms with van der Waals surface area (Å²) in [6, 6.07) is 9.98. The quantitative estimate of drug-likeness (QED) is 0.437. The van der Waals surface area contributed by atoms with Gasteiger partial charge in [-0.25, -0.2) is 15.0 Å². The van der Waals surface area contributed by atoms with E-state index < -0.39 is 7.14 Å². The zero-order valence-corrected chi connectivity index (χ0v) is 23.1. The first-order valence-electron chi connectivity index (χ1n) is 12.4. The molecule has 3 aromatic heterocycles. The zero-order chi connectivity index (χ0) is 26.9. The third kappa shape index (κ3) is 4.30. The number of nitrogens with zero attached hydrogens (tertiary/aromatic N) is 3. The Morgan fingerprint density at radius 2 is 0.842 bits per heavy atom. The van der Waals surface area contributed by atoms with Crippen molar-refractivity contribution in [1.82, 2.24) is 0 Å². The second-order valence-corrected chi connectivity index (χ2v) is 14.1. The highest BCUT2D eigenvalue weighted by atomic mass is 31.2. The van der Waals surface area contributed by atoms with Gasteiger partial charge in [-0.15, -0.1) is 0 Å². The molecule has 38 heavy (non-hydrogen) atoms. The van der Waals surface area contributed by atoms with Crippen LogP contribution in [0.25, 0.3) is 0 Å². The highest BCUT2D eigenvalue weighted by Gasteiger charge is 2.42. The van der Waals surface area contributed by atoms with E-state index in [9.17, 15) is 4.57 Å². The summed E-state index contributed by atoms with van der Waals surface area (Å²) in [5.74, 6) is 2.21. The molecular formula is C27H30N3O7P. The van der Waals surface area contributed by atoms with Crippen LogP contribution in [0.5, 0.6) is 0 Å². The van der Waals surface area contributed by atoms with Crippen LogP contribution in [0.15, 0.2) is 64.6 Å². The van der Waals surface area contributed by atoms with E-state index in [-0.39, 0.29) is 33.1 Å². The molecule has 3 aliphatic heterocycles. The smallest absolute Gasteiger partial charge is 0.271 e. The molecule has 0 aromatic carbocycles. The molecule has 11 heteroatoms. The van der Waals surface area contributed by atoms with Crippen LogP contribution in [0.4, 0.5) is 0 Å². The lowest BCUT2D eigenvalue weighted by molar-refractivity contribution is 0.275. The largest absolute Gasteiger partial charge is 0.473 e. The molecule has 0 aliphatic carbocycles. The van der Waals surface area contributed by atoms with Gasteiger partial charge in [0.15, 0.2) is 33.8 Å². The minimum Gasteiger partial charge on any atom is -0.473 e. The van der Waals surface area contributed by atoms with Gasteiger partial charge in [-0.2, -0.15) is 0 Å². The van der Waals surface area contributed by atoms with Crippen LogP contribution in [0, 0.1) is 0 Å². The summed E-state index contributed by atoms with van der Waals surface area (Å²) in [4.78, 5) is 13.7. The van der Waals surface area contributed by atoms with Gasteiger partial charge in [0.05, 0.1) is 16.6 Å². The SMILES string of the molecule is CC1(C)COC(c2ccc(P(=O)(c3ccc(C4=NC(C)(C)CO4)o3)c3ccc(C4=NC(C)(C)CO4)o3)o2)=N1. The molecule has 0 unspecified atom stereocenters. The summed E-state index contributed by atoms with van der Waals surface area (Å²) >= 11 is 0. The van der Waals surface area contributed by atoms with Crippen LogP contribution in [0.3, 0.4) is 0 Å². The lowest BCUT2D eigenvalue weighted by atomic mass is 10.1.